The van der Waals surface area contributed by atoms with Crippen LogP contribution in [-0.4, -0.2) is 135 Å². The van der Waals surface area contributed by atoms with E-state index in [2.05, 4.69) is 43.1 Å². The number of nitriles is 1. The highest BCUT2D eigenvalue weighted by Crippen LogP contribution is 2.40. The Hall–Kier alpha value is -12.5. The molecule has 486 valence electrons. The van der Waals surface area contributed by atoms with Gasteiger partial charge in [-0.25, -0.2) is 22.8 Å². The van der Waals surface area contributed by atoms with Crippen molar-refractivity contribution in [3.8, 4) is 23.3 Å². The van der Waals surface area contributed by atoms with Gasteiger partial charge < -0.3 is 63.3 Å². The highest BCUT2D eigenvalue weighted by molar-refractivity contribution is 7.90. The van der Waals surface area contributed by atoms with Crippen LogP contribution in [0.15, 0.2) is 151 Å². The number of ether oxygens (including phenoxy) is 3. The van der Waals surface area contributed by atoms with Crippen LogP contribution in [0.1, 0.15) is 76.2 Å². The number of furan rings is 3. The zero-order chi connectivity index (χ0) is 67.8. The first-order valence-corrected chi connectivity index (χ1v) is 31.1. The Morgan fingerprint density at radius 2 is 0.875 bits per heavy atom. The molecule has 15 rings (SSSR count). The largest absolute Gasteiger partial charge is 0.497 e. The number of urea groups is 3. The van der Waals surface area contributed by atoms with E-state index < -0.39 is 62.3 Å². The SMILES string of the molecule is COc1ccc2c(c1)C(=O)N(C[C@@]1(c3cc4cc(/C=N/O)ccc4o3)NC(=O)NC1=O)C2.COc1ccc2c(c1)C(=O)N(C[C@@]1(c3cc4cc(C#N)ccc4o3)NC(=O)NC1=O)C2.COc1ccc2c(c1)C(=O)N(C[C@@]1(c3cc4cc(S(C)(=O)=O)ccc4o3)NC(=O)NC1=O)C2. The number of rotatable bonds is 14. The number of nitrogens with one attached hydrogen (secondary N) is 6. The first kappa shape index (κ1) is 62.3. The molecule has 30 heteroatoms. The number of hydrogen-bond acceptors (Lipinski definition) is 20. The Balaban J connectivity index is 0.000000130. The molecule has 0 spiro atoms. The molecule has 6 aromatic carbocycles. The lowest BCUT2D eigenvalue weighted by atomic mass is 9.95. The Morgan fingerprint density at radius 1 is 0.510 bits per heavy atom. The van der Waals surface area contributed by atoms with E-state index in [9.17, 15) is 51.6 Å². The molecule has 0 bridgehead atoms. The number of sulfone groups is 1. The molecule has 3 atom stereocenters. The summed E-state index contributed by atoms with van der Waals surface area (Å²) in [5.41, 5.74) is 1.27. The molecule has 9 heterocycles. The van der Waals surface area contributed by atoms with Crippen molar-refractivity contribution in [2.24, 2.45) is 5.16 Å². The molecule has 0 radical (unpaired) electrons. The van der Waals surface area contributed by atoms with Crippen LogP contribution in [-0.2, 0) is 60.5 Å². The molecule has 96 heavy (non-hydrogen) atoms. The second-order valence-electron chi connectivity index (χ2n) is 23.2. The van der Waals surface area contributed by atoms with Gasteiger partial charge in [-0.3, -0.25) is 44.7 Å². The summed E-state index contributed by atoms with van der Waals surface area (Å²) < 4.78 is 57.1. The summed E-state index contributed by atoms with van der Waals surface area (Å²) in [6.45, 7) is 0.374. The lowest BCUT2D eigenvalue weighted by molar-refractivity contribution is -0.126. The maximum atomic E-state index is 13.1. The predicted molar refractivity (Wildman–Crippen MR) is 334 cm³/mol. The van der Waals surface area contributed by atoms with E-state index in [1.807, 2.05) is 0 Å². The topological polar surface area (TPSA) is 393 Å². The number of fused-ring (bicyclic) bond motifs is 6. The molecule has 6 aliphatic heterocycles. The summed E-state index contributed by atoms with van der Waals surface area (Å²) >= 11 is 0. The van der Waals surface area contributed by atoms with E-state index in [0.717, 1.165) is 22.9 Å². The molecular weight excluding hydrogens is 1270 g/mol. The fourth-order valence-corrected chi connectivity index (χ4v) is 13.1. The zero-order valence-corrected chi connectivity index (χ0v) is 51.8. The van der Waals surface area contributed by atoms with E-state index in [0.29, 0.717) is 78.0 Å². The third-order valence-electron chi connectivity index (χ3n) is 17.3. The van der Waals surface area contributed by atoms with E-state index >= 15 is 0 Å². The van der Waals surface area contributed by atoms with E-state index in [1.54, 1.807) is 103 Å². The van der Waals surface area contributed by atoms with Crippen molar-refractivity contribution >= 4 is 102 Å². The average Bonchev–Trinajstić information content (AvgIpc) is 1.60. The van der Waals surface area contributed by atoms with Gasteiger partial charge in [-0.05, 0) is 131 Å². The van der Waals surface area contributed by atoms with Crippen LogP contribution < -0.4 is 46.1 Å². The van der Waals surface area contributed by atoms with Gasteiger partial charge in [-0.15, -0.1) is 0 Å². The predicted octanol–water partition coefficient (Wildman–Crippen LogP) is 5.48. The van der Waals surface area contributed by atoms with Gasteiger partial charge >= 0.3 is 18.1 Å². The zero-order valence-electron chi connectivity index (χ0n) is 51.0. The molecule has 3 saturated heterocycles. The first-order chi connectivity index (χ1) is 46.0. The quantitative estimate of drug-likeness (QED) is 0.0307. The fourth-order valence-electron chi connectivity index (χ4n) is 12.4. The Morgan fingerprint density at radius 3 is 1.22 bits per heavy atom. The van der Waals surface area contributed by atoms with Crippen molar-refractivity contribution in [2.75, 3.05) is 47.2 Å². The van der Waals surface area contributed by atoms with Gasteiger partial charge in [0.25, 0.3) is 35.4 Å². The van der Waals surface area contributed by atoms with Crippen LogP contribution in [0.5, 0.6) is 17.2 Å². The lowest BCUT2D eigenvalue weighted by Crippen LogP contribution is -2.52. The monoisotopic (exact) mass is 1320 g/mol. The van der Waals surface area contributed by atoms with Crippen LogP contribution in [0.25, 0.3) is 32.9 Å². The minimum Gasteiger partial charge on any atom is -0.497 e. The summed E-state index contributed by atoms with van der Waals surface area (Å²) in [6.07, 6.45) is 2.35. The molecule has 29 nitrogen and oxygen atoms in total. The van der Waals surface area contributed by atoms with Crippen LogP contribution in [0.3, 0.4) is 0 Å². The summed E-state index contributed by atoms with van der Waals surface area (Å²) in [7, 11) is 1.09. The van der Waals surface area contributed by atoms with Gasteiger partial charge in [0.1, 0.15) is 51.3 Å². The second-order valence-corrected chi connectivity index (χ2v) is 25.2. The van der Waals surface area contributed by atoms with E-state index in [1.165, 1.54) is 66.5 Å². The second kappa shape index (κ2) is 23.6. The van der Waals surface area contributed by atoms with Crippen molar-refractivity contribution in [3.05, 3.63) is 189 Å². The Kier molecular flexibility index (Phi) is 15.3. The molecular formula is C66H53N11O18S. The van der Waals surface area contributed by atoms with Gasteiger partial charge in [-0.2, -0.15) is 5.26 Å². The van der Waals surface area contributed by atoms with Crippen molar-refractivity contribution in [1.29, 1.82) is 5.26 Å². The van der Waals surface area contributed by atoms with E-state index in [-0.39, 0.29) is 79.2 Å². The molecule has 9 aromatic rings. The number of benzene rings is 6. The van der Waals surface area contributed by atoms with E-state index in [4.69, 9.17) is 37.9 Å². The van der Waals surface area contributed by atoms with Gasteiger partial charge in [0.2, 0.25) is 0 Å². The van der Waals surface area contributed by atoms with Crippen molar-refractivity contribution in [3.63, 3.8) is 0 Å². The number of oxime groups is 1. The van der Waals surface area contributed by atoms with Crippen LogP contribution >= 0.6 is 0 Å². The Labute approximate surface area is 542 Å². The minimum atomic E-state index is -3.45. The lowest BCUT2D eigenvalue weighted by Gasteiger charge is -2.29. The van der Waals surface area contributed by atoms with Crippen LogP contribution in [0.2, 0.25) is 0 Å². The molecule has 0 saturated carbocycles. The van der Waals surface area contributed by atoms with Gasteiger partial charge in [0.15, 0.2) is 26.5 Å². The summed E-state index contributed by atoms with van der Waals surface area (Å²) in [5, 5.41) is 37.2. The van der Waals surface area contributed by atoms with Gasteiger partial charge in [0.05, 0.1) is 63.7 Å². The third kappa shape index (κ3) is 10.9. The fraction of sp³-hybridized carbons (Fsp3) is 0.197. The first-order valence-electron chi connectivity index (χ1n) is 29.2. The minimum absolute atomic E-state index is 0.0906. The number of amides is 12. The Bertz CT molecular complexity index is 5090. The van der Waals surface area contributed by atoms with Crippen LogP contribution in [0, 0.1) is 11.3 Å². The number of methoxy groups -OCH3 is 3. The van der Waals surface area contributed by atoms with Gasteiger partial charge in [0, 0.05) is 58.7 Å². The number of nitrogens with zero attached hydrogens (tertiary/aromatic N) is 5. The number of imide groups is 3. The third-order valence-corrected chi connectivity index (χ3v) is 18.4. The summed E-state index contributed by atoms with van der Waals surface area (Å²) in [5.74, 6) is -0.645. The maximum Gasteiger partial charge on any atom is 0.322 e. The molecule has 7 N–H and O–H groups in total. The molecule has 3 fully saturated rings. The highest BCUT2D eigenvalue weighted by atomic mass is 32.2. The number of carbonyl (C=O) groups excluding carboxylic acids is 9. The van der Waals surface area contributed by atoms with Crippen molar-refractivity contribution in [1.82, 2.24) is 46.6 Å². The average molecular weight is 1320 g/mol. The summed E-state index contributed by atoms with van der Waals surface area (Å²) in [6, 6.07) is 34.6. The number of hydrogen-bond donors (Lipinski definition) is 7. The van der Waals surface area contributed by atoms with Crippen LogP contribution in [0.4, 0.5) is 14.4 Å². The molecule has 3 aromatic heterocycles. The molecule has 0 aliphatic carbocycles. The van der Waals surface area contributed by atoms with Crippen molar-refractivity contribution in [2.45, 2.75) is 41.1 Å². The smallest absolute Gasteiger partial charge is 0.322 e. The molecule has 0 unspecified atom stereocenters. The maximum absolute atomic E-state index is 13.1. The number of carbonyl (C=O) groups is 9. The normalized spacial score (nSPS) is 20.1. The highest BCUT2D eigenvalue weighted by Gasteiger charge is 2.56. The van der Waals surface area contributed by atoms with Crippen molar-refractivity contribution < 1.29 is 84.2 Å². The standard InChI is InChI=1S/C22H18N4O6.C22H16N4O5.C22H19N3O7S/c1-31-15-4-3-13-10-26(19(27)16(13)8-15)11-22(20(28)24-21(29)25-22)18-7-14-6-12(9-23-30)2-5-17(14)32-18;1-30-15-4-3-13-10-26(19(27)16(13)8-15)11-22(20(28)24-21(29)25-22)18-7-14-6-12(9-23)2-5-17(14)31-18;1-31-14-4-3-12-10-25(19(26)16(12)9-14)11-22(20(27)23-21(28)24-22)18-8-13-7-15(33(2,29)30)5-6-17(13)32-18/h2-9,30H,10-11H2,1H3,(H2,24,25,28,29);2-8H,10-11H2,1H3,(H2,24,25,28,29);3-9H,10-11H2,1-2H3,(H2,23,24,27,28)/b23-9+;;/t3*22-/m000/s1. The molecule has 6 aliphatic rings. The summed E-state index contributed by atoms with van der Waals surface area (Å²) in [4.78, 5) is 119. The van der Waals surface area contributed by atoms with Gasteiger partial charge in [-0.1, -0.05) is 23.4 Å². The molecule has 12 amide bonds.